The summed E-state index contributed by atoms with van der Waals surface area (Å²) in [6.45, 7) is 1.88. The van der Waals surface area contributed by atoms with Gasteiger partial charge in [-0.05, 0) is 19.1 Å². The lowest BCUT2D eigenvalue weighted by molar-refractivity contribution is -0.135. The van der Waals surface area contributed by atoms with E-state index in [0.717, 1.165) is 11.3 Å². The molecule has 0 spiro atoms. The highest BCUT2D eigenvalue weighted by Crippen LogP contribution is 2.14. The van der Waals surface area contributed by atoms with Crippen molar-refractivity contribution in [1.82, 2.24) is 0 Å². The summed E-state index contributed by atoms with van der Waals surface area (Å²) in [5.41, 5.74) is 1.86. The molecule has 0 aliphatic heterocycles. The van der Waals surface area contributed by atoms with E-state index >= 15 is 0 Å². The van der Waals surface area contributed by atoms with Crippen LogP contribution in [0.3, 0.4) is 0 Å². The summed E-state index contributed by atoms with van der Waals surface area (Å²) >= 11 is 0. The van der Waals surface area contributed by atoms with Crippen molar-refractivity contribution in [1.29, 1.82) is 5.26 Å². The van der Waals surface area contributed by atoms with E-state index in [-0.39, 0.29) is 13.1 Å². The number of aliphatic carboxylic acids is 1. The second kappa shape index (κ2) is 5.01. The SMILES string of the molecule is Cc1ccc(N(CC#N)CC(=O)O)cc1. The summed E-state index contributed by atoms with van der Waals surface area (Å²) in [6.07, 6.45) is 0. The maximum absolute atomic E-state index is 10.6. The summed E-state index contributed by atoms with van der Waals surface area (Å²) in [5.74, 6) is -0.939. The monoisotopic (exact) mass is 204 g/mol. The fraction of sp³-hybridized carbons (Fsp3) is 0.273. The van der Waals surface area contributed by atoms with E-state index < -0.39 is 5.97 Å². The highest BCUT2D eigenvalue weighted by atomic mass is 16.4. The summed E-state index contributed by atoms with van der Waals surface area (Å²) in [5, 5.41) is 17.3. The average molecular weight is 204 g/mol. The van der Waals surface area contributed by atoms with Gasteiger partial charge in [0.2, 0.25) is 0 Å². The molecule has 0 radical (unpaired) electrons. The predicted octanol–water partition coefficient (Wildman–Crippen LogP) is 1.41. The van der Waals surface area contributed by atoms with Gasteiger partial charge in [0.1, 0.15) is 13.1 Å². The van der Waals surface area contributed by atoms with Crippen LogP contribution in [0.25, 0.3) is 0 Å². The van der Waals surface area contributed by atoms with E-state index in [1.54, 1.807) is 0 Å². The number of aryl methyl sites for hydroxylation is 1. The van der Waals surface area contributed by atoms with Crippen molar-refractivity contribution >= 4 is 11.7 Å². The van der Waals surface area contributed by atoms with E-state index in [2.05, 4.69) is 0 Å². The first kappa shape index (κ1) is 11.1. The molecule has 0 aliphatic rings. The molecule has 0 aromatic heterocycles. The number of hydrogen-bond donors (Lipinski definition) is 1. The van der Waals surface area contributed by atoms with Gasteiger partial charge in [0.25, 0.3) is 0 Å². The predicted molar refractivity (Wildman–Crippen MR) is 56.6 cm³/mol. The fourth-order valence-electron chi connectivity index (χ4n) is 1.24. The minimum Gasteiger partial charge on any atom is -0.480 e. The van der Waals surface area contributed by atoms with Gasteiger partial charge in [-0.1, -0.05) is 17.7 Å². The van der Waals surface area contributed by atoms with Crippen molar-refractivity contribution in [2.24, 2.45) is 0 Å². The molecule has 0 bridgehead atoms. The van der Waals surface area contributed by atoms with Gasteiger partial charge in [0.15, 0.2) is 0 Å². The van der Waals surface area contributed by atoms with Crippen molar-refractivity contribution in [3.05, 3.63) is 29.8 Å². The van der Waals surface area contributed by atoms with Gasteiger partial charge >= 0.3 is 5.97 Å². The highest BCUT2D eigenvalue weighted by molar-refractivity contribution is 5.73. The molecule has 0 atom stereocenters. The van der Waals surface area contributed by atoms with Crippen LogP contribution in [0.4, 0.5) is 5.69 Å². The standard InChI is InChI=1S/C11H12N2O2/c1-9-2-4-10(5-3-9)13(7-6-12)8-11(14)15/h2-5H,7-8H2,1H3,(H,14,15). The van der Waals surface area contributed by atoms with Crippen LogP contribution < -0.4 is 4.90 Å². The van der Waals surface area contributed by atoms with Crippen molar-refractivity contribution in [3.8, 4) is 6.07 Å². The Balaban J connectivity index is 2.84. The van der Waals surface area contributed by atoms with Gasteiger partial charge < -0.3 is 10.0 Å². The molecule has 78 valence electrons. The number of nitriles is 1. The third-order valence-corrected chi connectivity index (χ3v) is 1.99. The Kier molecular flexibility index (Phi) is 3.69. The molecule has 1 N–H and O–H groups in total. The Morgan fingerprint density at radius 1 is 1.47 bits per heavy atom. The molecule has 1 rings (SSSR count). The molecule has 0 fully saturated rings. The maximum atomic E-state index is 10.6. The van der Waals surface area contributed by atoms with Crippen LogP contribution in [0.5, 0.6) is 0 Å². The number of carboxylic acids is 1. The normalized spacial score (nSPS) is 9.33. The van der Waals surface area contributed by atoms with Gasteiger partial charge in [-0.3, -0.25) is 4.79 Å². The lowest BCUT2D eigenvalue weighted by Gasteiger charge is -2.19. The van der Waals surface area contributed by atoms with E-state index in [9.17, 15) is 4.79 Å². The van der Waals surface area contributed by atoms with Crippen LogP contribution in [0.15, 0.2) is 24.3 Å². The first-order valence-electron chi connectivity index (χ1n) is 4.54. The van der Waals surface area contributed by atoms with Gasteiger partial charge in [-0.2, -0.15) is 5.26 Å². The molecular weight excluding hydrogens is 192 g/mol. The van der Waals surface area contributed by atoms with Crippen LogP contribution in [-0.2, 0) is 4.79 Å². The third kappa shape index (κ3) is 3.31. The van der Waals surface area contributed by atoms with Gasteiger partial charge in [-0.15, -0.1) is 0 Å². The first-order chi connectivity index (χ1) is 7.13. The van der Waals surface area contributed by atoms with E-state index in [1.807, 2.05) is 37.3 Å². The zero-order chi connectivity index (χ0) is 11.3. The largest absolute Gasteiger partial charge is 0.480 e. The summed E-state index contributed by atoms with van der Waals surface area (Å²) in [6, 6.07) is 9.36. The van der Waals surface area contributed by atoms with Crippen molar-refractivity contribution in [2.75, 3.05) is 18.0 Å². The summed E-state index contributed by atoms with van der Waals surface area (Å²) in [7, 11) is 0. The second-order valence-electron chi connectivity index (χ2n) is 3.24. The Morgan fingerprint density at radius 3 is 2.53 bits per heavy atom. The number of hydrogen-bond acceptors (Lipinski definition) is 3. The average Bonchev–Trinajstić information content (AvgIpc) is 2.17. The van der Waals surface area contributed by atoms with Crippen molar-refractivity contribution < 1.29 is 9.90 Å². The summed E-state index contributed by atoms with van der Waals surface area (Å²) in [4.78, 5) is 12.1. The lowest BCUT2D eigenvalue weighted by atomic mass is 10.2. The van der Waals surface area contributed by atoms with Gasteiger partial charge in [0.05, 0.1) is 6.07 Å². The molecule has 0 saturated heterocycles. The topological polar surface area (TPSA) is 64.3 Å². The molecule has 0 heterocycles. The Morgan fingerprint density at radius 2 is 2.07 bits per heavy atom. The van der Waals surface area contributed by atoms with Crippen molar-refractivity contribution in [3.63, 3.8) is 0 Å². The molecule has 4 nitrogen and oxygen atoms in total. The molecule has 4 heteroatoms. The number of nitrogens with zero attached hydrogens (tertiary/aromatic N) is 2. The van der Waals surface area contributed by atoms with E-state index in [4.69, 9.17) is 10.4 Å². The zero-order valence-electron chi connectivity index (χ0n) is 8.47. The van der Waals surface area contributed by atoms with E-state index in [1.165, 1.54) is 4.90 Å². The first-order valence-corrected chi connectivity index (χ1v) is 4.54. The molecule has 0 amide bonds. The molecule has 1 aromatic carbocycles. The van der Waals surface area contributed by atoms with Gasteiger partial charge in [0, 0.05) is 5.69 Å². The number of rotatable bonds is 4. The molecule has 0 unspecified atom stereocenters. The smallest absolute Gasteiger partial charge is 0.323 e. The molecule has 1 aromatic rings. The van der Waals surface area contributed by atoms with Crippen molar-refractivity contribution in [2.45, 2.75) is 6.92 Å². The summed E-state index contributed by atoms with van der Waals surface area (Å²) < 4.78 is 0. The second-order valence-corrected chi connectivity index (χ2v) is 3.24. The minimum atomic E-state index is -0.939. The van der Waals surface area contributed by atoms with E-state index in [0.29, 0.717) is 0 Å². The Labute approximate surface area is 88.4 Å². The van der Waals surface area contributed by atoms with Crippen LogP contribution in [0.1, 0.15) is 5.56 Å². The Hall–Kier alpha value is -2.02. The Bertz CT molecular complexity index is 379. The highest BCUT2D eigenvalue weighted by Gasteiger charge is 2.09. The van der Waals surface area contributed by atoms with Crippen LogP contribution >= 0.6 is 0 Å². The molecule has 15 heavy (non-hydrogen) atoms. The molecule has 0 aliphatic carbocycles. The molecule has 0 saturated carbocycles. The lowest BCUT2D eigenvalue weighted by Crippen LogP contribution is -2.29. The third-order valence-electron chi connectivity index (χ3n) is 1.99. The number of anilines is 1. The zero-order valence-corrected chi connectivity index (χ0v) is 8.47. The van der Waals surface area contributed by atoms with Gasteiger partial charge in [-0.25, -0.2) is 0 Å². The van der Waals surface area contributed by atoms with Crippen LogP contribution in [-0.4, -0.2) is 24.2 Å². The maximum Gasteiger partial charge on any atom is 0.323 e. The number of carbonyl (C=O) groups is 1. The van der Waals surface area contributed by atoms with Crippen LogP contribution in [0, 0.1) is 18.3 Å². The number of carboxylic acid groups (broad SMARTS) is 1. The minimum absolute atomic E-state index is 0.0787. The van der Waals surface area contributed by atoms with Crippen LogP contribution in [0.2, 0.25) is 0 Å². The fourth-order valence-corrected chi connectivity index (χ4v) is 1.24. The number of benzene rings is 1. The molecular formula is C11H12N2O2. The quantitative estimate of drug-likeness (QED) is 0.753.